The van der Waals surface area contributed by atoms with E-state index in [0.717, 1.165) is 24.4 Å². The third-order valence-electron chi connectivity index (χ3n) is 5.21. The summed E-state index contributed by atoms with van der Waals surface area (Å²) in [4.78, 5) is 40.4. The average molecular weight is 322 g/mol. The molecule has 2 aliphatic heterocycles. The largest absolute Gasteiger partial charge is 0.339 e. The summed E-state index contributed by atoms with van der Waals surface area (Å²) in [5.41, 5.74) is -0.794. The van der Waals surface area contributed by atoms with Crippen LogP contribution in [0.4, 0.5) is 4.79 Å². The molecule has 1 spiro atoms. The fourth-order valence-electron chi connectivity index (χ4n) is 4.37. The number of imide groups is 1. The van der Waals surface area contributed by atoms with Crippen LogP contribution in [0.3, 0.4) is 0 Å². The quantitative estimate of drug-likeness (QED) is 0.710. The predicted octanol–water partition coefficient (Wildman–Crippen LogP) is 0.165. The van der Waals surface area contributed by atoms with E-state index in [1.165, 1.54) is 0 Å². The van der Waals surface area contributed by atoms with Gasteiger partial charge in [0.05, 0.1) is 0 Å². The molecule has 4 amide bonds. The van der Waals surface area contributed by atoms with Crippen LogP contribution in [0.1, 0.15) is 33.1 Å². The lowest BCUT2D eigenvalue weighted by Gasteiger charge is -2.38. The number of carbonyl (C=O) groups is 3. The summed E-state index contributed by atoms with van der Waals surface area (Å²) >= 11 is 0. The van der Waals surface area contributed by atoms with E-state index in [4.69, 9.17) is 0 Å². The Morgan fingerprint density at radius 2 is 1.78 bits per heavy atom. The molecule has 0 aromatic carbocycles. The number of amides is 4. The fourth-order valence-corrected chi connectivity index (χ4v) is 4.37. The second kappa shape index (κ2) is 6.11. The van der Waals surface area contributed by atoms with Gasteiger partial charge in [0, 0.05) is 26.2 Å². The van der Waals surface area contributed by atoms with E-state index in [-0.39, 0.29) is 18.4 Å². The molecule has 128 valence electrons. The third-order valence-corrected chi connectivity index (χ3v) is 5.21. The Hall–Kier alpha value is -1.63. The molecule has 0 radical (unpaired) electrons. The first-order chi connectivity index (χ1) is 10.9. The summed E-state index contributed by atoms with van der Waals surface area (Å²) in [7, 11) is 0. The first-order valence-electron chi connectivity index (χ1n) is 8.54. The predicted molar refractivity (Wildman–Crippen MR) is 84.6 cm³/mol. The molecule has 2 unspecified atom stereocenters. The van der Waals surface area contributed by atoms with E-state index in [9.17, 15) is 14.4 Å². The molecule has 3 fully saturated rings. The molecule has 7 heteroatoms. The van der Waals surface area contributed by atoms with Crippen molar-refractivity contribution in [2.45, 2.75) is 38.6 Å². The van der Waals surface area contributed by atoms with Gasteiger partial charge in [0.25, 0.3) is 5.91 Å². The van der Waals surface area contributed by atoms with Gasteiger partial charge in [-0.3, -0.25) is 14.5 Å². The molecule has 23 heavy (non-hydrogen) atoms. The summed E-state index contributed by atoms with van der Waals surface area (Å²) in [5.74, 6) is 0.423. The van der Waals surface area contributed by atoms with Gasteiger partial charge in [-0.2, -0.15) is 0 Å². The standard InChI is InChI=1S/C16H26N4O3/c1-11-7-12(2)9-16(8-11)14(22)20(15(23)18-16)10-13(21)19-5-3-17-4-6-19/h11-12,17H,3-10H2,1-2H3,(H,18,23). The zero-order chi connectivity index (χ0) is 16.6. The minimum Gasteiger partial charge on any atom is -0.339 e. The molecule has 2 heterocycles. The van der Waals surface area contributed by atoms with Crippen molar-refractivity contribution in [3.63, 3.8) is 0 Å². The van der Waals surface area contributed by atoms with Crippen LogP contribution >= 0.6 is 0 Å². The van der Waals surface area contributed by atoms with Crippen LogP contribution in [0, 0.1) is 11.8 Å². The van der Waals surface area contributed by atoms with Gasteiger partial charge in [0.2, 0.25) is 5.91 Å². The van der Waals surface area contributed by atoms with Crippen molar-refractivity contribution in [2.24, 2.45) is 11.8 Å². The summed E-state index contributed by atoms with van der Waals surface area (Å²) in [6.07, 6.45) is 2.41. The molecule has 3 aliphatic rings. The molecule has 2 atom stereocenters. The minimum atomic E-state index is -0.794. The van der Waals surface area contributed by atoms with Crippen molar-refractivity contribution in [1.82, 2.24) is 20.4 Å². The molecule has 3 rings (SSSR count). The SMILES string of the molecule is CC1CC(C)CC2(C1)NC(=O)N(CC(=O)N1CCNCC1)C2=O. The molecule has 0 aromatic rings. The number of urea groups is 1. The zero-order valence-electron chi connectivity index (χ0n) is 13.9. The van der Waals surface area contributed by atoms with Gasteiger partial charge in [0.15, 0.2) is 0 Å². The Kier molecular flexibility index (Phi) is 4.31. The maximum absolute atomic E-state index is 12.9. The summed E-state index contributed by atoms with van der Waals surface area (Å²) in [5, 5.41) is 6.08. The van der Waals surface area contributed by atoms with Crippen LogP contribution < -0.4 is 10.6 Å². The second-order valence-corrected chi connectivity index (χ2v) is 7.39. The Morgan fingerprint density at radius 1 is 1.17 bits per heavy atom. The maximum atomic E-state index is 12.9. The van der Waals surface area contributed by atoms with Crippen molar-refractivity contribution in [3.8, 4) is 0 Å². The summed E-state index contributed by atoms with van der Waals surface area (Å²) in [6, 6.07) is -0.417. The van der Waals surface area contributed by atoms with E-state index >= 15 is 0 Å². The molecule has 2 N–H and O–H groups in total. The van der Waals surface area contributed by atoms with Crippen LogP contribution in [0.15, 0.2) is 0 Å². The molecule has 1 aliphatic carbocycles. The second-order valence-electron chi connectivity index (χ2n) is 7.39. The molecule has 0 bridgehead atoms. The first-order valence-corrected chi connectivity index (χ1v) is 8.54. The van der Waals surface area contributed by atoms with E-state index in [1.807, 2.05) is 0 Å². The lowest BCUT2D eigenvalue weighted by Crippen LogP contribution is -2.53. The molecule has 0 aromatic heterocycles. The van der Waals surface area contributed by atoms with Gasteiger partial charge < -0.3 is 15.5 Å². The van der Waals surface area contributed by atoms with Crippen molar-refractivity contribution in [2.75, 3.05) is 32.7 Å². The number of nitrogens with zero attached hydrogens (tertiary/aromatic N) is 2. The highest BCUT2D eigenvalue weighted by atomic mass is 16.2. The number of rotatable bonds is 2. The van der Waals surface area contributed by atoms with E-state index in [2.05, 4.69) is 24.5 Å². The molecule has 7 nitrogen and oxygen atoms in total. The fraction of sp³-hybridized carbons (Fsp3) is 0.812. The number of piperazine rings is 1. The minimum absolute atomic E-state index is 0.144. The third kappa shape index (κ3) is 3.06. The number of carbonyl (C=O) groups excluding carboxylic acids is 3. The van der Waals surface area contributed by atoms with E-state index in [1.54, 1.807) is 4.90 Å². The topological polar surface area (TPSA) is 81.8 Å². The first kappa shape index (κ1) is 16.2. The zero-order valence-corrected chi connectivity index (χ0v) is 13.9. The van der Waals surface area contributed by atoms with Gasteiger partial charge in [-0.25, -0.2) is 4.79 Å². The lowest BCUT2D eigenvalue weighted by molar-refractivity contribution is -0.140. The molecule has 2 saturated heterocycles. The normalized spacial score (nSPS) is 34.9. The molecular weight excluding hydrogens is 296 g/mol. The van der Waals surface area contributed by atoms with Crippen LogP contribution in [0.5, 0.6) is 0 Å². The summed E-state index contributed by atoms with van der Waals surface area (Å²) < 4.78 is 0. The van der Waals surface area contributed by atoms with Gasteiger partial charge in [-0.1, -0.05) is 13.8 Å². The highest BCUT2D eigenvalue weighted by molar-refractivity contribution is 6.09. The van der Waals surface area contributed by atoms with Gasteiger partial charge in [-0.05, 0) is 31.1 Å². The van der Waals surface area contributed by atoms with E-state index in [0.29, 0.717) is 37.8 Å². The van der Waals surface area contributed by atoms with Crippen molar-refractivity contribution < 1.29 is 14.4 Å². The van der Waals surface area contributed by atoms with Crippen LogP contribution in [0.2, 0.25) is 0 Å². The van der Waals surface area contributed by atoms with Crippen LogP contribution in [0.25, 0.3) is 0 Å². The van der Waals surface area contributed by atoms with Gasteiger partial charge >= 0.3 is 6.03 Å². The Bertz CT molecular complexity index is 505. The van der Waals surface area contributed by atoms with E-state index < -0.39 is 11.6 Å². The Morgan fingerprint density at radius 3 is 2.39 bits per heavy atom. The van der Waals surface area contributed by atoms with Crippen molar-refractivity contribution >= 4 is 17.8 Å². The van der Waals surface area contributed by atoms with Gasteiger partial charge in [-0.15, -0.1) is 0 Å². The Balaban J connectivity index is 1.70. The highest BCUT2D eigenvalue weighted by Gasteiger charge is 2.54. The lowest BCUT2D eigenvalue weighted by atomic mass is 9.71. The average Bonchev–Trinajstić information content (AvgIpc) is 2.71. The van der Waals surface area contributed by atoms with Gasteiger partial charge in [0.1, 0.15) is 12.1 Å². The van der Waals surface area contributed by atoms with Crippen LogP contribution in [-0.2, 0) is 9.59 Å². The smallest absolute Gasteiger partial charge is 0.325 e. The van der Waals surface area contributed by atoms with Crippen molar-refractivity contribution in [1.29, 1.82) is 0 Å². The van der Waals surface area contributed by atoms with Crippen LogP contribution in [-0.4, -0.2) is 65.9 Å². The monoisotopic (exact) mass is 322 g/mol. The summed E-state index contributed by atoms with van der Waals surface area (Å²) in [6.45, 7) is 6.85. The number of nitrogens with one attached hydrogen (secondary N) is 2. The highest BCUT2D eigenvalue weighted by Crippen LogP contribution is 2.39. The Labute approximate surface area is 136 Å². The maximum Gasteiger partial charge on any atom is 0.325 e. The number of hydrogen-bond donors (Lipinski definition) is 2. The van der Waals surface area contributed by atoms with Crippen molar-refractivity contribution in [3.05, 3.63) is 0 Å². The molecule has 1 saturated carbocycles. The molecular formula is C16H26N4O3. The number of hydrogen-bond acceptors (Lipinski definition) is 4.